The zero-order valence-electron chi connectivity index (χ0n) is 9.39. The number of rotatable bonds is 3. The second-order valence-electron chi connectivity index (χ2n) is 4.48. The number of hydrogen-bond donors (Lipinski definition) is 2. The van der Waals surface area contributed by atoms with Crippen LogP contribution in [0.2, 0.25) is 0 Å². The maximum Gasteiger partial charge on any atom is 0.391 e. The molecule has 98 valence electrons. The van der Waals surface area contributed by atoms with E-state index >= 15 is 0 Å². The summed E-state index contributed by atoms with van der Waals surface area (Å²) >= 11 is 0. The molecule has 0 heterocycles. The van der Waals surface area contributed by atoms with E-state index in [0.717, 1.165) is 6.08 Å². The summed E-state index contributed by atoms with van der Waals surface area (Å²) in [7, 11) is 0. The van der Waals surface area contributed by atoms with Crippen LogP contribution in [0.1, 0.15) is 25.7 Å². The molecule has 6 heteroatoms. The third-order valence-electron chi connectivity index (χ3n) is 3.06. The molecular weight excluding hydrogens is 235 g/mol. The Labute approximate surface area is 97.7 Å². The third kappa shape index (κ3) is 4.03. The molecule has 1 rings (SSSR count). The number of nitrogens with one attached hydrogen (secondary N) is 1. The molecule has 0 spiro atoms. The van der Waals surface area contributed by atoms with Gasteiger partial charge in [-0.2, -0.15) is 13.2 Å². The van der Waals surface area contributed by atoms with E-state index in [2.05, 4.69) is 11.9 Å². The normalized spacial score (nSPS) is 29.8. The molecule has 0 radical (unpaired) electrons. The Bertz CT molecular complexity index is 304. The van der Waals surface area contributed by atoms with Crippen molar-refractivity contribution < 1.29 is 23.1 Å². The first-order valence-corrected chi connectivity index (χ1v) is 5.46. The molecule has 1 aliphatic rings. The monoisotopic (exact) mass is 251 g/mol. The molecule has 0 aromatic heterocycles. The van der Waals surface area contributed by atoms with Gasteiger partial charge < -0.3 is 10.4 Å². The molecule has 2 atom stereocenters. The lowest BCUT2D eigenvalue weighted by molar-refractivity contribution is -0.199. The van der Waals surface area contributed by atoms with Gasteiger partial charge in [0.05, 0.1) is 11.5 Å². The highest BCUT2D eigenvalue weighted by atomic mass is 19.4. The first kappa shape index (κ1) is 14.0. The van der Waals surface area contributed by atoms with Crippen molar-refractivity contribution in [2.24, 2.45) is 5.92 Å². The van der Waals surface area contributed by atoms with Crippen LogP contribution in [0.3, 0.4) is 0 Å². The van der Waals surface area contributed by atoms with Crippen molar-refractivity contribution >= 4 is 5.91 Å². The fourth-order valence-electron chi connectivity index (χ4n) is 2.10. The van der Waals surface area contributed by atoms with Crippen LogP contribution in [0, 0.1) is 5.92 Å². The number of alkyl halides is 3. The summed E-state index contributed by atoms with van der Waals surface area (Å²) in [5.41, 5.74) is -1.46. The van der Waals surface area contributed by atoms with Gasteiger partial charge in [-0.3, -0.25) is 4.79 Å². The van der Waals surface area contributed by atoms with Crippen LogP contribution in [-0.2, 0) is 4.79 Å². The number of hydrogen-bond acceptors (Lipinski definition) is 2. The third-order valence-corrected chi connectivity index (χ3v) is 3.06. The minimum absolute atomic E-state index is 0.0429. The minimum atomic E-state index is -4.28. The van der Waals surface area contributed by atoms with E-state index < -0.39 is 23.6 Å². The van der Waals surface area contributed by atoms with Gasteiger partial charge in [0, 0.05) is 6.54 Å². The largest absolute Gasteiger partial charge is 0.391 e. The Morgan fingerprint density at radius 2 is 2.24 bits per heavy atom. The van der Waals surface area contributed by atoms with E-state index in [9.17, 15) is 23.1 Å². The molecule has 0 unspecified atom stereocenters. The van der Waals surface area contributed by atoms with Gasteiger partial charge in [-0.05, 0) is 31.8 Å². The summed E-state index contributed by atoms with van der Waals surface area (Å²) < 4.78 is 37.6. The maximum atomic E-state index is 12.5. The average molecular weight is 251 g/mol. The lowest BCUT2D eigenvalue weighted by Crippen LogP contribution is -2.48. The summed E-state index contributed by atoms with van der Waals surface area (Å²) in [5.74, 6) is -1.98. The highest BCUT2D eigenvalue weighted by molar-refractivity contribution is 5.86. The van der Waals surface area contributed by atoms with E-state index in [-0.39, 0.29) is 25.8 Å². The van der Waals surface area contributed by atoms with Crippen molar-refractivity contribution in [3.8, 4) is 0 Å². The molecular formula is C11H16F3NO2. The lowest BCUT2D eigenvalue weighted by Gasteiger charge is -2.37. The molecule has 1 saturated carbocycles. The molecule has 1 fully saturated rings. The van der Waals surface area contributed by atoms with Crippen LogP contribution >= 0.6 is 0 Å². The van der Waals surface area contributed by atoms with E-state index in [0.29, 0.717) is 6.42 Å². The quantitative estimate of drug-likeness (QED) is 0.751. The van der Waals surface area contributed by atoms with Gasteiger partial charge >= 0.3 is 6.18 Å². The summed E-state index contributed by atoms with van der Waals surface area (Å²) in [6.07, 6.45) is -2.99. The van der Waals surface area contributed by atoms with Crippen molar-refractivity contribution in [1.29, 1.82) is 0 Å². The smallest absolute Gasteiger partial charge is 0.388 e. The van der Waals surface area contributed by atoms with Crippen LogP contribution in [0.4, 0.5) is 13.2 Å². The topological polar surface area (TPSA) is 49.3 Å². The highest BCUT2D eigenvalue weighted by Gasteiger charge is 2.46. The lowest BCUT2D eigenvalue weighted by atomic mass is 9.77. The second-order valence-corrected chi connectivity index (χ2v) is 4.48. The zero-order valence-corrected chi connectivity index (χ0v) is 9.39. The highest BCUT2D eigenvalue weighted by Crippen LogP contribution is 2.41. The van der Waals surface area contributed by atoms with Gasteiger partial charge in [0.2, 0.25) is 5.91 Å². The second kappa shape index (κ2) is 5.08. The van der Waals surface area contributed by atoms with Crippen LogP contribution in [0.15, 0.2) is 12.7 Å². The molecule has 3 nitrogen and oxygen atoms in total. The van der Waals surface area contributed by atoms with Crippen LogP contribution in [-0.4, -0.2) is 29.3 Å². The summed E-state index contributed by atoms with van der Waals surface area (Å²) in [4.78, 5) is 10.9. The minimum Gasteiger partial charge on any atom is -0.388 e. The number of carbonyl (C=O) groups excluding carboxylic acids is 1. The molecule has 0 aliphatic heterocycles. The van der Waals surface area contributed by atoms with Crippen molar-refractivity contribution in [1.82, 2.24) is 5.32 Å². The molecule has 0 aromatic rings. The first-order valence-electron chi connectivity index (χ1n) is 5.46. The van der Waals surface area contributed by atoms with Crippen LogP contribution < -0.4 is 5.32 Å². The van der Waals surface area contributed by atoms with Gasteiger partial charge in [-0.25, -0.2) is 0 Å². The Balaban J connectivity index is 2.57. The Hall–Kier alpha value is -1.04. The number of aliphatic hydroxyl groups is 1. The Morgan fingerprint density at radius 3 is 2.76 bits per heavy atom. The molecule has 17 heavy (non-hydrogen) atoms. The van der Waals surface area contributed by atoms with Crippen molar-refractivity contribution in [3.63, 3.8) is 0 Å². The SMILES string of the molecule is C=CC(=O)NC[C@]1(O)CCC[C@H](C(F)(F)F)C1. The van der Waals surface area contributed by atoms with Gasteiger partial charge in [-0.15, -0.1) is 0 Å². The van der Waals surface area contributed by atoms with Gasteiger partial charge in [0.25, 0.3) is 0 Å². The van der Waals surface area contributed by atoms with Gasteiger partial charge in [0.1, 0.15) is 0 Å². The summed E-state index contributed by atoms with van der Waals surface area (Å²) in [6.45, 7) is 3.07. The standard InChI is InChI=1S/C11H16F3NO2/c1-2-9(16)15-7-10(17)5-3-4-8(6-10)11(12,13)14/h2,8,17H,1,3-7H2,(H,15,16)/t8-,10-/m0/s1. The fraction of sp³-hybridized carbons (Fsp3) is 0.727. The average Bonchev–Trinajstić information content (AvgIpc) is 2.25. The maximum absolute atomic E-state index is 12.5. The Kier molecular flexibility index (Phi) is 4.19. The summed E-state index contributed by atoms with van der Waals surface area (Å²) in [5, 5.41) is 12.3. The molecule has 0 saturated heterocycles. The molecule has 0 aromatic carbocycles. The Morgan fingerprint density at radius 1 is 1.59 bits per heavy atom. The number of halogens is 3. The summed E-state index contributed by atoms with van der Waals surface area (Å²) in [6, 6.07) is 0. The zero-order chi connectivity index (χ0) is 13.1. The van der Waals surface area contributed by atoms with Crippen LogP contribution in [0.25, 0.3) is 0 Å². The van der Waals surface area contributed by atoms with Crippen molar-refractivity contribution in [3.05, 3.63) is 12.7 Å². The van der Waals surface area contributed by atoms with E-state index in [1.165, 1.54) is 0 Å². The van der Waals surface area contributed by atoms with Crippen molar-refractivity contribution in [2.75, 3.05) is 6.54 Å². The van der Waals surface area contributed by atoms with Crippen LogP contribution in [0.5, 0.6) is 0 Å². The van der Waals surface area contributed by atoms with E-state index in [4.69, 9.17) is 0 Å². The molecule has 2 N–H and O–H groups in total. The predicted octanol–water partition coefficient (Wildman–Crippen LogP) is 1.77. The van der Waals surface area contributed by atoms with Gasteiger partial charge in [0.15, 0.2) is 0 Å². The first-order chi connectivity index (χ1) is 7.77. The number of amides is 1. The number of carbonyl (C=O) groups is 1. The molecule has 1 aliphatic carbocycles. The predicted molar refractivity (Wildman–Crippen MR) is 56.2 cm³/mol. The van der Waals surface area contributed by atoms with E-state index in [1.54, 1.807) is 0 Å². The van der Waals surface area contributed by atoms with Gasteiger partial charge in [-0.1, -0.05) is 6.58 Å². The fourth-order valence-corrected chi connectivity index (χ4v) is 2.10. The molecule has 1 amide bonds. The van der Waals surface area contributed by atoms with Crippen molar-refractivity contribution in [2.45, 2.75) is 37.5 Å². The molecule has 0 bridgehead atoms. The van der Waals surface area contributed by atoms with E-state index in [1.807, 2.05) is 0 Å².